The normalized spacial score (nSPS) is 11.1. The summed E-state index contributed by atoms with van der Waals surface area (Å²) in [5, 5.41) is 2.84. The van der Waals surface area contributed by atoms with Crippen molar-refractivity contribution in [2.24, 2.45) is 5.41 Å². The fraction of sp³-hybridized carbons (Fsp3) is 0.538. The highest BCUT2D eigenvalue weighted by atomic mass is 16.5. The first kappa shape index (κ1) is 13.5. The molecule has 1 rings (SSSR count). The summed E-state index contributed by atoms with van der Waals surface area (Å²) in [7, 11) is 0. The van der Waals surface area contributed by atoms with E-state index in [-0.39, 0.29) is 5.91 Å². The summed E-state index contributed by atoms with van der Waals surface area (Å²) in [6, 6.07) is 1.86. The molecule has 0 aromatic carbocycles. The van der Waals surface area contributed by atoms with Gasteiger partial charge in [0.25, 0.3) is 0 Å². The van der Waals surface area contributed by atoms with Crippen LogP contribution in [0.5, 0.6) is 5.88 Å². The van der Waals surface area contributed by atoms with Gasteiger partial charge in [0, 0.05) is 11.0 Å². The highest BCUT2D eigenvalue weighted by Crippen LogP contribution is 2.21. The van der Waals surface area contributed by atoms with Crippen LogP contribution in [-0.4, -0.2) is 17.5 Å². The molecule has 1 heterocycles. The molecule has 0 atom stereocenters. The lowest BCUT2D eigenvalue weighted by Gasteiger charge is -2.18. The molecule has 1 N–H and O–H groups in total. The Labute approximate surface area is 102 Å². The highest BCUT2D eigenvalue weighted by molar-refractivity contribution is 5.94. The van der Waals surface area contributed by atoms with E-state index in [1.807, 2.05) is 40.7 Å². The molecule has 0 spiro atoms. The summed E-state index contributed by atoms with van der Waals surface area (Å²) in [6.07, 6.45) is 1.61. The fourth-order valence-electron chi connectivity index (χ4n) is 1.24. The number of anilines is 1. The Morgan fingerprint density at radius 3 is 2.59 bits per heavy atom. The molecular formula is C13H20N2O2. The molecule has 1 aromatic heterocycles. The predicted molar refractivity (Wildman–Crippen MR) is 68.2 cm³/mol. The Morgan fingerprint density at radius 1 is 1.47 bits per heavy atom. The quantitative estimate of drug-likeness (QED) is 0.878. The first-order valence-corrected chi connectivity index (χ1v) is 5.75. The minimum Gasteiger partial charge on any atom is -0.478 e. The van der Waals surface area contributed by atoms with Gasteiger partial charge >= 0.3 is 0 Å². The zero-order valence-electron chi connectivity index (χ0n) is 11.1. The van der Waals surface area contributed by atoms with Gasteiger partial charge in [0.05, 0.1) is 18.5 Å². The molecule has 0 aliphatic heterocycles. The van der Waals surface area contributed by atoms with Crippen LogP contribution in [0.2, 0.25) is 0 Å². The summed E-state index contributed by atoms with van der Waals surface area (Å²) in [6.45, 7) is 10.0. The first-order chi connectivity index (χ1) is 7.84. The van der Waals surface area contributed by atoms with Gasteiger partial charge in [-0.1, -0.05) is 20.8 Å². The lowest BCUT2D eigenvalue weighted by molar-refractivity contribution is -0.123. The number of aromatic nitrogens is 1. The van der Waals surface area contributed by atoms with Crippen molar-refractivity contribution in [3.05, 3.63) is 17.8 Å². The van der Waals surface area contributed by atoms with E-state index in [9.17, 15) is 4.79 Å². The Kier molecular flexibility index (Phi) is 4.10. The van der Waals surface area contributed by atoms with Gasteiger partial charge in [-0.2, -0.15) is 0 Å². The second-order valence-corrected chi connectivity index (χ2v) is 4.98. The van der Waals surface area contributed by atoms with E-state index in [1.54, 1.807) is 6.20 Å². The molecule has 0 aliphatic rings. The van der Waals surface area contributed by atoms with Gasteiger partial charge in [-0.05, 0) is 19.9 Å². The number of pyridine rings is 1. The van der Waals surface area contributed by atoms with Crippen LogP contribution in [0.15, 0.2) is 12.3 Å². The van der Waals surface area contributed by atoms with Crippen molar-refractivity contribution in [3.8, 4) is 5.88 Å². The Hall–Kier alpha value is -1.58. The number of carbonyl (C=O) groups excluding carboxylic acids is 1. The molecule has 4 nitrogen and oxygen atoms in total. The number of hydrogen-bond acceptors (Lipinski definition) is 3. The number of rotatable bonds is 3. The molecule has 0 fully saturated rings. The topological polar surface area (TPSA) is 51.2 Å². The maximum absolute atomic E-state index is 11.8. The summed E-state index contributed by atoms with van der Waals surface area (Å²) in [4.78, 5) is 16.0. The van der Waals surface area contributed by atoms with Crippen LogP contribution in [0, 0.1) is 12.3 Å². The van der Waals surface area contributed by atoms with Crippen LogP contribution in [-0.2, 0) is 4.79 Å². The van der Waals surface area contributed by atoms with E-state index in [1.165, 1.54) is 0 Å². The number of amides is 1. The van der Waals surface area contributed by atoms with E-state index < -0.39 is 5.41 Å². The molecule has 0 saturated carbocycles. The number of hydrogen-bond donors (Lipinski definition) is 1. The lowest BCUT2D eigenvalue weighted by Crippen LogP contribution is -2.27. The molecule has 0 unspecified atom stereocenters. The van der Waals surface area contributed by atoms with Crippen LogP contribution in [0.4, 0.5) is 5.69 Å². The largest absolute Gasteiger partial charge is 0.478 e. The Balaban J connectivity index is 2.81. The van der Waals surface area contributed by atoms with E-state index in [2.05, 4.69) is 10.3 Å². The number of carbonyl (C=O) groups is 1. The minimum atomic E-state index is -0.410. The average molecular weight is 236 g/mol. The third-order valence-electron chi connectivity index (χ3n) is 2.25. The predicted octanol–water partition coefficient (Wildman–Crippen LogP) is 2.77. The summed E-state index contributed by atoms with van der Waals surface area (Å²) >= 11 is 0. The van der Waals surface area contributed by atoms with E-state index in [0.717, 1.165) is 5.56 Å². The van der Waals surface area contributed by atoms with E-state index in [4.69, 9.17) is 4.74 Å². The van der Waals surface area contributed by atoms with Gasteiger partial charge in [0.15, 0.2) is 0 Å². The highest BCUT2D eigenvalue weighted by Gasteiger charge is 2.21. The maximum Gasteiger partial charge on any atom is 0.229 e. The van der Waals surface area contributed by atoms with Gasteiger partial charge in [0.2, 0.25) is 11.8 Å². The van der Waals surface area contributed by atoms with Crippen LogP contribution in [0.1, 0.15) is 33.3 Å². The number of nitrogens with one attached hydrogen (secondary N) is 1. The van der Waals surface area contributed by atoms with Gasteiger partial charge < -0.3 is 10.1 Å². The molecule has 1 aromatic rings. The van der Waals surface area contributed by atoms with Gasteiger partial charge in [0.1, 0.15) is 0 Å². The minimum absolute atomic E-state index is 0.0251. The average Bonchev–Trinajstić information content (AvgIpc) is 2.21. The lowest BCUT2D eigenvalue weighted by atomic mass is 9.95. The van der Waals surface area contributed by atoms with Gasteiger partial charge in [-0.3, -0.25) is 4.79 Å². The van der Waals surface area contributed by atoms with Crippen molar-refractivity contribution in [2.45, 2.75) is 34.6 Å². The molecule has 94 valence electrons. The second-order valence-electron chi connectivity index (χ2n) is 4.98. The SMILES string of the molecule is CCOc1ncc(NC(=O)C(C)(C)C)cc1C. The summed E-state index contributed by atoms with van der Waals surface area (Å²) in [5.41, 5.74) is 1.20. The Bertz CT molecular complexity index is 408. The number of nitrogens with zero attached hydrogens (tertiary/aromatic N) is 1. The smallest absolute Gasteiger partial charge is 0.229 e. The van der Waals surface area contributed by atoms with Crippen molar-refractivity contribution < 1.29 is 9.53 Å². The molecule has 4 heteroatoms. The summed E-state index contributed by atoms with van der Waals surface area (Å²) < 4.78 is 5.34. The van der Waals surface area contributed by atoms with Crippen molar-refractivity contribution in [3.63, 3.8) is 0 Å². The van der Waals surface area contributed by atoms with Crippen molar-refractivity contribution in [2.75, 3.05) is 11.9 Å². The molecule has 0 radical (unpaired) electrons. The van der Waals surface area contributed by atoms with E-state index >= 15 is 0 Å². The van der Waals surface area contributed by atoms with Crippen molar-refractivity contribution in [1.29, 1.82) is 0 Å². The van der Waals surface area contributed by atoms with Crippen LogP contribution in [0.3, 0.4) is 0 Å². The molecule has 0 bridgehead atoms. The molecule has 17 heavy (non-hydrogen) atoms. The fourth-order valence-corrected chi connectivity index (χ4v) is 1.24. The van der Waals surface area contributed by atoms with Gasteiger partial charge in [-0.25, -0.2) is 4.98 Å². The molecular weight excluding hydrogens is 216 g/mol. The van der Waals surface area contributed by atoms with Crippen LogP contribution >= 0.6 is 0 Å². The molecule has 0 aliphatic carbocycles. The molecule has 1 amide bonds. The van der Waals surface area contributed by atoms with Crippen molar-refractivity contribution in [1.82, 2.24) is 4.98 Å². The number of aryl methyl sites for hydroxylation is 1. The third kappa shape index (κ3) is 3.73. The first-order valence-electron chi connectivity index (χ1n) is 5.75. The summed E-state index contributed by atoms with van der Waals surface area (Å²) in [5.74, 6) is 0.587. The van der Waals surface area contributed by atoms with E-state index in [0.29, 0.717) is 18.2 Å². The standard InChI is InChI=1S/C13H20N2O2/c1-6-17-11-9(2)7-10(8-14-11)15-12(16)13(3,4)5/h7-8H,6H2,1-5H3,(H,15,16). The van der Waals surface area contributed by atoms with Crippen LogP contribution < -0.4 is 10.1 Å². The molecule has 0 saturated heterocycles. The zero-order chi connectivity index (χ0) is 13.1. The van der Waals surface area contributed by atoms with Crippen molar-refractivity contribution >= 4 is 11.6 Å². The number of ether oxygens (including phenoxy) is 1. The third-order valence-corrected chi connectivity index (χ3v) is 2.25. The second kappa shape index (κ2) is 5.17. The Morgan fingerprint density at radius 2 is 2.12 bits per heavy atom. The monoisotopic (exact) mass is 236 g/mol. The maximum atomic E-state index is 11.8. The van der Waals surface area contributed by atoms with Gasteiger partial charge in [-0.15, -0.1) is 0 Å². The van der Waals surface area contributed by atoms with Crippen LogP contribution in [0.25, 0.3) is 0 Å². The zero-order valence-corrected chi connectivity index (χ0v) is 11.1.